The largest absolute Gasteiger partial charge is 0.496 e. The van der Waals surface area contributed by atoms with Crippen LogP contribution >= 0.6 is 0 Å². The van der Waals surface area contributed by atoms with Crippen LogP contribution in [0.3, 0.4) is 0 Å². The van der Waals surface area contributed by atoms with E-state index < -0.39 is 23.1 Å². The van der Waals surface area contributed by atoms with Gasteiger partial charge in [0.2, 0.25) is 0 Å². The number of hydrogen-bond acceptors (Lipinski definition) is 5. The number of methoxy groups -OCH3 is 1. The van der Waals surface area contributed by atoms with Crippen LogP contribution in [0.2, 0.25) is 0 Å². The molecule has 1 aromatic rings. The monoisotopic (exact) mass is 298 g/mol. The number of nitriles is 2. The van der Waals surface area contributed by atoms with Crippen LogP contribution in [0.25, 0.3) is 12.2 Å². The maximum Gasteiger partial charge on any atom is 0.346 e. The fourth-order valence-corrected chi connectivity index (χ4v) is 1.54. The van der Waals surface area contributed by atoms with Gasteiger partial charge in [0.25, 0.3) is 0 Å². The van der Waals surface area contributed by atoms with E-state index in [1.165, 1.54) is 25.3 Å². The molecular formula is C15H10N2O5. The molecule has 0 aliphatic rings. The molecule has 0 aliphatic heterocycles. The number of ether oxygens (including phenoxy) is 1. The maximum absolute atomic E-state index is 10.8. The SMILES string of the molecule is COc1cc(/C=C(\C#N)C(=O)O)ccc1/C=C(\C#N)C(=O)O. The molecule has 7 nitrogen and oxygen atoms in total. The van der Waals surface area contributed by atoms with Gasteiger partial charge in [-0.2, -0.15) is 10.5 Å². The molecule has 0 aromatic heterocycles. The predicted molar refractivity (Wildman–Crippen MR) is 75.4 cm³/mol. The summed E-state index contributed by atoms with van der Waals surface area (Å²) in [7, 11) is 1.34. The molecule has 0 atom stereocenters. The van der Waals surface area contributed by atoms with Gasteiger partial charge in [0, 0.05) is 5.56 Å². The van der Waals surface area contributed by atoms with E-state index in [4.69, 9.17) is 25.5 Å². The summed E-state index contributed by atoms with van der Waals surface area (Å²) in [6.07, 6.45) is 2.29. The Kier molecular flexibility index (Phi) is 5.44. The highest BCUT2D eigenvalue weighted by Crippen LogP contribution is 2.24. The Morgan fingerprint density at radius 2 is 1.64 bits per heavy atom. The van der Waals surface area contributed by atoms with E-state index >= 15 is 0 Å². The van der Waals surface area contributed by atoms with Crippen molar-refractivity contribution in [3.63, 3.8) is 0 Å². The Bertz CT molecular complexity index is 763. The lowest BCUT2D eigenvalue weighted by Gasteiger charge is -2.06. The standard InChI is InChI=1S/C15H10N2O5/c1-22-13-5-9(4-11(7-16)14(18)19)2-3-10(13)6-12(8-17)15(20)21/h2-6H,1H3,(H,18,19)(H,20,21)/b11-4+,12-6+. The summed E-state index contributed by atoms with van der Waals surface area (Å²) in [5.74, 6) is -2.49. The van der Waals surface area contributed by atoms with E-state index in [0.29, 0.717) is 11.1 Å². The predicted octanol–water partition coefficient (Wildman–Crippen LogP) is 1.68. The molecule has 0 saturated carbocycles. The molecule has 0 amide bonds. The number of nitrogens with zero attached hydrogens (tertiary/aromatic N) is 2. The third-order valence-electron chi connectivity index (χ3n) is 2.57. The zero-order valence-corrected chi connectivity index (χ0v) is 11.4. The highest BCUT2D eigenvalue weighted by atomic mass is 16.5. The van der Waals surface area contributed by atoms with Gasteiger partial charge < -0.3 is 14.9 Å². The second-order valence-corrected chi connectivity index (χ2v) is 3.95. The van der Waals surface area contributed by atoms with Gasteiger partial charge in [-0.1, -0.05) is 12.1 Å². The first kappa shape index (κ1) is 16.5. The number of carboxylic acids is 2. The average molecular weight is 298 g/mol. The number of hydrogen-bond donors (Lipinski definition) is 2. The molecule has 110 valence electrons. The first-order valence-corrected chi connectivity index (χ1v) is 5.81. The van der Waals surface area contributed by atoms with Crippen molar-refractivity contribution in [3.05, 3.63) is 40.5 Å². The molecule has 0 fully saturated rings. The minimum absolute atomic E-state index is 0.241. The molecule has 0 unspecified atom stereocenters. The zero-order chi connectivity index (χ0) is 16.7. The first-order chi connectivity index (χ1) is 10.4. The van der Waals surface area contributed by atoms with Gasteiger partial charge in [-0.3, -0.25) is 0 Å². The van der Waals surface area contributed by atoms with Crippen molar-refractivity contribution in [3.8, 4) is 17.9 Å². The second kappa shape index (κ2) is 7.27. The topological polar surface area (TPSA) is 131 Å². The number of carbonyl (C=O) groups is 2. The van der Waals surface area contributed by atoms with E-state index in [0.717, 1.165) is 12.2 Å². The Morgan fingerprint density at radius 1 is 1.09 bits per heavy atom. The van der Waals surface area contributed by atoms with Crippen molar-refractivity contribution >= 4 is 24.1 Å². The number of carboxylic acid groups (broad SMARTS) is 2. The summed E-state index contributed by atoms with van der Waals surface area (Å²) >= 11 is 0. The van der Waals surface area contributed by atoms with Gasteiger partial charge in [-0.15, -0.1) is 0 Å². The molecule has 0 saturated heterocycles. The summed E-state index contributed by atoms with van der Waals surface area (Å²) in [5, 5.41) is 35.1. The molecular weight excluding hydrogens is 288 g/mol. The van der Waals surface area contributed by atoms with Gasteiger partial charge in [0.05, 0.1) is 7.11 Å². The Balaban J connectivity index is 3.35. The van der Waals surface area contributed by atoms with Gasteiger partial charge >= 0.3 is 11.9 Å². The third kappa shape index (κ3) is 3.95. The lowest BCUT2D eigenvalue weighted by Crippen LogP contribution is -1.99. The van der Waals surface area contributed by atoms with Crippen molar-refractivity contribution < 1.29 is 24.5 Å². The van der Waals surface area contributed by atoms with Crippen LogP contribution in [0, 0.1) is 22.7 Å². The first-order valence-electron chi connectivity index (χ1n) is 5.81. The lowest BCUT2D eigenvalue weighted by atomic mass is 10.1. The second-order valence-electron chi connectivity index (χ2n) is 3.95. The number of rotatable bonds is 5. The van der Waals surface area contributed by atoms with E-state index in [1.807, 2.05) is 0 Å². The highest BCUT2D eigenvalue weighted by Gasteiger charge is 2.10. The van der Waals surface area contributed by atoms with Gasteiger partial charge in [-0.05, 0) is 23.8 Å². The molecule has 0 radical (unpaired) electrons. The summed E-state index contributed by atoms with van der Waals surface area (Å²) in [5.41, 5.74) is -0.187. The van der Waals surface area contributed by atoms with Crippen LogP contribution in [0.4, 0.5) is 0 Å². The quantitative estimate of drug-likeness (QED) is 0.624. The van der Waals surface area contributed by atoms with E-state index in [9.17, 15) is 9.59 Å². The average Bonchev–Trinajstić information content (AvgIpc) is 2.50. The van der Waals surface area contributed by atoms with Crippen molar-refractivity contribution in [1.29, 1.82) is 10.5 Å². The van der Waals surface area contributed by atoms with Crippen LogP contribution in [-0.2, 0) is 9.59 Å². The third-order valence-corrected chi connectivity index (χ3v) is 2.57. The molecule has 2 N–H and O–H groups in total. The van der Waals surface area contributed by atoms with Crippen LogP contribution in [0.1, 0.15) is 11.1 Å². The molecule has 0 heterocycles. The van der Waals surface area contributed by atoms with Crippen molar-refractivity contribution in [2.45, 2.75) is 0 Å². The molecule has 22 heavy (non-hydrogen) atoms. The molecule has 1 rings (SSSR count). The molecule has 7 heteroatoms. The summed E-state index contributed by atoms with van der Waals surface area (Å²) in [6, 6.07) is 7.46. The molecule has 0 bridgehead atoms. The van der Waals surface area contributed by atoms with Crippen molar-refractivity contribution in [2.24, 2.45) is 0 Å². The smallest absolute Gasteiger partial charge is 0.346 e. The zero-order valence-electron chi connectivity index (χ0n) is 11.4. The van der Waals surface area contributed by atoms with Crippen LogP contribution < -0.4 is 4.74 Å². The number of aliphatic carboxylic acids is 2. The minimum Gasteiger partial charge on any atom is -0.496 e. The van der Waals surface area contributed by atoms with Crippen molar-refractivity contribution in [2.75, 3.05) is 7.11 Å². The number of benzene rings is 1. The normalized spacial score (nSPS) is 11.2. The lowest BCUT2D eigenvalue weighted by molar-refractivity contribution is -0.133. The van der Waals surface area contributed by atoms with Crippen LogP contribution in [0.5, 0.6) is 5.75 Å². The van der Waals surface area contributed by atoms with Crippen LogP contribution in [-0.4, -0.2) is 29.3 Å². The maximum atomic E-state index is 10.8. The molecule has 0 aliphatic carbocycles. The van der Waals surface area contributed by atoms with Gasteiger partial charge in [0.15, 0.2) is 0 Å². The summed E-state index contributed by atoms with van der Waals surface area (Å²) in [6.45, 7) is 0. The van der Waals surface area contributed by atoms with E-state index in [2.05, 4.69) is 0 Å². The van der Waals surface area contributed by atoms with E-state index in [1.54, 1.807) is 12.1 Å². The molecule has 0 spiro atoms. The minimum atomic E-state index is -1.37. The summed E-state index contributed by atoms with van der Waals surface area (Å²) < 4.78 is 5.08. The van der Waals surface area contributed by atoms with E-state index in [-0.39, 0.29) is 5.75 Å². The molecule has 1 aromatic carbocycles. The van der Waals surface area contributed by atoms with Crippen molar-refractivity contribution in [1.82, 2.24) is 0 Å². The summed E-state index contributed by atoms with van der Waals surface area (Å²) in [4.78, 5) is 21.6. The van der Waals surface area contributed by atoms with Gasteiger partial charge in [0.1, 0.15) is 29.0 Å². The fourth-order valence-electron chi connectivity index (χ4n) is 1.54. The Morgan fingerprint density at radius 3 is 2.09 bits per heavy atom. The Labute approximate surface area is 125 Å². The highest BCUT2D eigenvalue weighted by molar-refractivity contribution is 5.97. The Hall–Kier alpha value is -3.58. The van der Waals surface area contributed by atoms with Crippen LogP contribution in [0.15, 0.2) is 29.3 Å². The fraction of sp³-hybridized carbons (Fsp3) is 0.0667. The van der Waals surface area contributed by atoms with Gasteiger partial charge in [-0.25, -0.2) is 9.59 Å².